The normalized spacial score (nSPS) is 22.5. The van der Waals surface area contributed by atoms with Gasteiger partial charge in [-0.25, -0.2) is 0 Å². The van der Waals surface area contributed by atoms with Crippen LogP contribution in [0.1, 0.15) is 50.7 Å². The second kappa shape index (κ2) is 12.8. The molecule has 268 valence electrons. The Morgan fingerprint density at radius 1 is 0.527 bits per heavy atom. The molecule has 2 heteroatoms. The maximum Gasteiger partial charge on any atom is 0.0543 e. The van der Waals surface area contributed by atoms with Crippen LogP contribution in [0.25, 0.3) is 53.6 Å². The number of benzene rings is 7. The van der Waals surface area contributed by atoms with Crippen LogP contribution < -0.4 is 4.90 Å². The molecule has 1 spiro atoms. The summed E-state index contributed by atoms with van der Waals surface area (Å²) in [6.45, 7) is 5.09. The van der Waals surface area contributed by atoms with Gasteiger partial charge >= 0.3 is 0 Å². The van der Waals surface area contributed by atoms with Gasteiger partial charge in [0.05, 0.1) is 11.4 Å². The van der Waals surface area contributed by atoms with Crippen LogP contribution in [-0.4, -0.2) is 0 Å². The topological polar surface area (TPSA) is 3.24 Å². The van der Waals surface area contributed by atoms with Crippen molar-refractivity contribution < 1.29 is 0 Å². The van der Waals surface area contributed by atoms with Crippen molar-refractivity contribution in [1.29, 1.82) is 0 Å². The highest BCUT2D eigenvalue weighted by Crippen LogP contribution is 2.66. The van der Waals surface area contributed by atoms with E-state index in [2.05, 4.69) is 183 Å². The molecule has 11 rings (SSSR count). The number of fused-ring (bicyclic) bond motifs is 11. The van der Waals surface area contributed by atoms with Crippen LogP contribution in [0.15, 0.2) is 164 Å². The molecule has 8 aromatic rings. The summed E-state index contributed by atoms with van der Waals surface area (Å²) in [7, 11) is 0. The molecule has 7 aromatic carbocycles. The fourth-order valence-corrected chi connectivity index (χ4v) is 12.9. The standard InChI is InChI=1S/C53H45NS/c1-34-29-36-31-35(2)53(39(30-34)32-36)46-24-9-6-21-45(46)51-47(53)25-14-27-49(51)54(48-26-10-7-19-41(48)37-15-4-3-5-16-37)40-18-12-17-38(33-40)42-22-13-23-44-43-20-8-11-28-50(43)55-52(42)44/h3-28,33-36,39H,29-32H2,1-2H3/t34-,35+,36-,39-,53?/m0/s1. The van der Waals surface area contributed by atoms with Crippen molar-refractivity contribution in [3.05, 3.63) is 175 Å². The van der Waals surface area contributed by atoms with E-state index in [9.17, 15) is 0 Å². The second-order valence-electron chi connectivity index (χ2n) is 16.7. The summed E-state index contributed by atoms with van der Waals surface area (Å²) in [4.78, 5) is 2.59. The average molecular weight is 728 g/mol. The summed E-state index contributed by atoms with van der Waals surface area (Å²) < 4.78 is 2.68. The van der Waals surface area contributed by atoms with Gasteiger partial charge in [0, 0.05) is 42.4 Å². The van der Waals surface area contributed by atoms with Gasteiger partial charge in [0.25, 0.3) is 0 Å². The van der Waals surface area contributed by atoms with Crippen LogP contribution in [0.2, 0.25) is 0 Å². The number of nitrogens with zero attached hydrogens (tertiary/aromatic N) is 1. The van der Waals surface area contributed by atoms with E-state index in [1.165, 1.54) is 96.3 Å². The van der Waals surface area contributed by atoms with Gasteiger partial charge in [-0.15, -0.1) is 11.3 Å². The molecule has 2 fully saturated rings. The smallest absolute Gasteiger partial charge is 0.0543 e. The van der Waals surface area contributed by atoms with E-state index >= 15 is 0 Å². The van der Waals surface area contributed by atoms with E-state index in [1.54, 1.807) is 11.1 Å². The number of para-hydroxylation sites is 1. The lowest BCUT2D eigenvalue weighted by Crippen LogP contribution is -2.49. The molecule has 0 aliphatic heterocycles. The Morgan fingerprint density at radius 3 is 2.11 bits per heavy atom. The fourth-order valence-electron chi connectivity index (χ4n) is 11.7. The SMILES string of the molecule is C[C@H]1C[C@@H]2C[C@H](C1)C1(c3ccccc3-c3c(N(c4cccc(-c5cccc6c5sc5ccccc56)c4)c4ccccc4-c4ccccc4)cccc31)[C@H](C)C2. The monoisotopic (exact) mass is 727 g/mol. The summed E-state index contributed by atoms with van der Waals surface area (Å²) in [5.41, 5.74) is 14.6. The van der Waals surface area contributed by atoms with Crippen molar-refractivity contribution in [3.63, 3.8) is 0 Å². The predicted octanol–water partition coefficient (Wildman–Crippen LogP) is 15.2. The van der Waals surface area contributed by atoms with Crippen molar-refractivity contribution in [2.24, 2.45) is 23.7 Å². The van der Waals surface area contributed by atoms with Gasteiger partial charge < -0.3 is 4.90 Å². The van der Waals surface area contributed by atoms with E-state index in [-0.39, 0.29) is 5.41 Å². The van der Waals surface area contributed by atoms with Crippen molar-refractivity contribution in [3.8, 4) is 33.4 Å². The number of hydrogen-bond donors (Lipinski definition) is 0. The molecule has 0 N–H and O–H groups in total. The number of anilines is 3. The zero-order valence-corrected chi connectivity index (χ0v) is 32.4. The Bertz CT molecular complexity index is 2740. The van der Waals surface area contributed by atoms with Gasteiger partial charge in [0.2, 0.25) is 0 Å². The van der Waals surface area contributed by atoms with E-state index in [0.29, 0.717) is 11.8 Å². The fraction of sp³-hybridized carbons (Fsp3) is 0.208. The van der Waals surface area contributed by atoms with Gasteiger partial charge in [-0.1, -0.05) is 147 Å². The highest BCUT2D eigenvalue weighted by Gasteiger charge is 2.57. The van der Waals surface area contributed by atoms with Gasteiger partial charge in [-0.3, -0.25) is 0 Å². The summed E-state index contributed by atoms with van der Waals surface area (Å²) in [5, 5.41) is 2.67. The molecular weight excluding hydrogens is 683 g/mol. The van der Waals surface area contributed by atoms with Crippen molar-refractivity contribution in [2.75, 3.05) is 4.90 Å². The Morgan fingerprint density at radius 2 is 1.20 bits per heavy atom. The van der Waals surface area contributed by atoms with Gasteiger partial charge in [0.15, 0.2) is 0 Å². The molecule has 55 heavy (non-hydrogen) atoms. The van der Waals surface area contributed by atoms with Crippen LogP contribution in [0, 0.1) is 23.7 Å². The highest BCUT2D eigenvalue weighted by molar-refractivity contribution is 7.26. The van der Waals surface area contributed by atoms with Crippen LogP contribution in [0.5, 0.6) is 0 Å². The van der Waals surface area contributed by atoms with Crippen molar-refractivity contribution in [1.82, 2.24) is 0 Å². The first-order valence-electron chi connectivity index (χ1n) is 20.3. The lowest BCUT2D eigenvalue weighted by atomic mass is 9.49. The Kier molecular flexibility index (Phi) is 7.68. The van der Waals surface area contributed by atoms with E-state index in [4.69, 9.17) is 0 Å². The van der Waals surface area contributed by atoms with Crippen molar-refractivity contribution >= 4 is 48.6 Å². The molecule has 1 unspecified atom stereocenters. The largest absolute Gasteiger partial charge is 0.309 e. The molecule has 1 heterocycles. The minimum atomic E-state index is 0.0242. The molecule has 2 saturated carbocycles. The molecule has 2 bridgehead atoms. The first-order chi connectivity index (χ1) is 27.1. The first kappa shape index (κ1) is 32.9. The minimum absolute atomic E-state index is 0.0242. The maximum atomic E-state index is 2.59. The van der Waals surface area contributed by atoms with Crippen LogP contribution in [-0.2, 0) is 5.41 Å². The minimum Gasteiger partial charge on any atom is -0.309 e. The number of rotatable bonds is 5. The van der Waals surface area contributed by atoms with Crippen LogP contribution >= 0.6 is 11.3 Å². The third-order valence-electron chi connectivity index (χ3n) is 13.6. The van der Waals surface area contributed by atoms with Crippen molar-refractivity contribution in [2.45, 2.75) is 44.9 Å². The molecule has 1 aromatic heterocycles. The Hall–Kier alpha value is -5.44. The average Bonchev–Trinajstić information content (AvgIpc) is 3.76. The lowest BCUT2D eigenvalue weighted by Gasteiger charge is -2.54. The Labute approximate surface area is 328 Å². The van der Waals surface area contributed by atoms with Crippen LogP contribution in [0.3, 0.4) is 0 Å². The Balaban J connectivity index is 1.17. The van der Waals surface area contributed by atoms with E-state index in [1.807, 2.05) is 11.3 Å². The number of hydrogen-bond acceptors (Lipinski definition) is 2. The second-order valence-corrected chi connectivity index (χ2v) is 17.7. The molecule has 1 nitrogen and oxygen atoms in total. The summed E-state index contributed by atoms with van der Waals surface area (Å²) >= 11 is 1.90. The maximum absolute atomic E-state index is 2.59. The molecule has 3 aliphatic rings. The third kappa shape index (κ3) is 4.97. The molecule has 0 saturated heterocycles. The van der Waals surface area contributed by atoms with Gasteiger partial charge in [-0.2, -0.15) is 0 Å². The summed E-state index contributed by atoms with van der Waals surface area (Å²) in [6, 6.07) is 61.7. The third-order valence-corrected chi connectivity index (χ3v) is 14.8. The molecule has 0 amide bonds. The number of thiophene rings is 1. The van der Waals surface area contributed by atoms with Gasteiger partial charge in [0.1, 0.15) is 0 Å². The molecule has 0 radical (unpaired) electrons. The highest BCUT2D eigenvalue weighted by atomic mass is 32.1. The van der Waals surface area contributed by atoms with E-state index < -0.39 is 0 Å². The first-order valence-corrected chi connectivity index (χ1v) is 21.1. The zero-order valence-electron chi connectivity index (χ0n) is 31.6. The quantitative estimate of drug-likeness (QED) is 0.171. The molecule has 5 atom stereocenters. The van der Waals surface area contributed by atoms with Crippen LogP contribution in [0.4, 0.5) is 17.1 Å². The molecule has 3 aliphatic carbocycles. The van der Waals surface area contributed by atoms with Gasteiger partial charge in [-0.05, 0) is 113 Å². The lowest BCUT2D eigenvalue weighted by molar-refractivity contribution is 0.0426. The molecular formula is C53H45NS. The predicted molar refractivity (Wildman–Crippen MR) is 235 cm³/mol. The van der Waals surface area contributed by atoms with E-state index in [0.717, 1.165) is 11.8 Å². The summed E-state index contributed by atoms with van der Waals surface area (Å²) in [5.74, 6) is 2.85. The zero-order chi connectivity index (χ0) is 36.7. The summed E-state index contributed by atoms with van der Waals surface area (Å²) in [6.07, 6.45) is 5.36.